The summed E-state index contributed by atoms with van der Waals surface area (Å²) in [4.78, 5) is 4.47. The zero-order chi connectivity index (χ0) is 9.97. The smallest absolute Gasteiger partial charge is 0.0454 e. The molecule has 0 spiro atoms. The Morgan fingerprint density at radius 3 is 2.64 bits per heavy atom. The largest absolute Gasteiger partial charge is 0.258 e. The van der Waals surface area contributed by atoms with E-state index in [1.54, 1.807) is 0 Å². The fraction of sp³-hybridized carbons (Fsp3) is 0.308. The minimum absolute atomic E-state index is 1.09. The highest BCUT2D eigenvalue weighted by atomic mass is 14.7. The first kappa shape index (κ1) is 9.20. The highest BCUT2D eigenvalue weighted by Crippen LogP contribution is 2.23. The standard InChI is InChI=1S/C13H15N/c1-10-8-9-13(11(2)14-10)12-6-4-3-5-7-12/h4,6-9H,3,5H2,1-2H3. The summed E-state index contributed by atoms with van der Waals surface area (Å²) >= 11 is 0. The van der Waals surface area contributed by atoms with Crippen LogP contribution in [0.1, 0.15) is 29.8 Å². The fourth-order valence-electron chi connectivity index (χ4n) is 1.80. The summed E-state index contributed by atoms with van der Waals surface area (Å²) in [5.74, 6) is 0. The molecule has 1 heteroatoms. The molecule has 0 radical (unpaired) electrons. The molecule has 0 saturated carbocycles. The van der Waals surface area contributed by atoms with E-state index in [4.69, 9.17) is 0 Å². The highest BCUT2D eigenvalue weighted by molar-refractivity contribution is 5.75. The van der Waals surface area contributed by atoms with Gasteiger partial charge in [-0.15, -0.1) is 0 Å². The first-order valence-electron chi connectivity index (χ1n) is 5.09. The second-order valence-electron chi connectivity index (χ2n) is 3.72. The number of aromatic nitrogens is 1. The van der Waals surface area contributed by atoms with Gasteiger partial charge in [0.05, 0.1) is 0 Å². The summed E-state index contributed by atoms with van der Waals surface area (Å²) in [6.07, 6.45) is 9.04. The van der Waals surface area contributed by atoms with Crippen molar-refractivity contribution in [2.24, 2.45) is 0 Å². The summed E-state index contributed by atoms with van der Waals surface area (Å²) in [6, 6.07) is 4.24. The number of pyridine rings is 1. The summed E-state index contributed by atoms with van der Waals surface area (Å²) in [5, 5.41) is 0. The number of rotatable bonds is 1. The maximum Gasteiger partial charge on any atom is 0.0454 e. The molecular formula is C13H15N. The molecule has 0 N–H and O–H groups in total. The first-order chi connectivity index (χ1) is 6.77. The molecule has 1 heterocycles. The Kier molecular flexibility index (Phi) is 2.49. The van der Waals surface area contributed by atoms with Gasteiger partial charge < -0.3 is 0 Å². The zero-order valence-corrected chi connectivity index (χ0v) is 8.75. The first-order valence-corrected chi connectivity index (χ1v) is 5.09. The van der Waals surface area contributed by atoms with Crippen molar-refractivity contribution in [2.75, 3.05) is 0 Å². The monoisotopic (exact) mass is 185 g/mol. The number of hydrogen-bond donors (Lipinski definition) is 0. The Labute approximate surface area is 85.2 Å². The molecule has 72 valence electrons. The molecule has 0 unspecified atom stereocenters. The van der Waals surface area contributed by atoms with Gasteiger partial charge in [-0.3, -0.25) is 4.98 Å². The summed E-state index contributed by atoms with van der Waals surface area (Å²) in [5.41, 5.74) is 4.81. The lowest BCUT2D eigenvalue weighted by molar-refractivity contribution is 1.04. The Morgan fingerprint density at radius 2 is 2.00 bits per heavy atom. The second kappa shape index (κ2) is 3.79. The van der Waals surface area contributed by atoms with Gasteiger partial charge in [0, 0.05) is 17.0 Å². The third-order valence-electron chi connectivity index (χ3n) is 2.53. The molecule has 1 aliphatic carbocycles. The lowest BCUT2D eigenvalue weighted by atomic mass is 9.98. The third-order valence-corrected chi connectivity index (χ3v) is 2.53. The van der Waals surface area contributed by atoms with Gasteiger partial charge in [-0.05, 0) is 38.3 Å². The molecule has 0 aromatic carbocycles. The normalized spacial score (nSPS) is 15.4. The molecule has 0 aliphatic heterocycles. The van der Waals surface area contributed by atoms with Crippen molar-refractivity contribution in [1.82, 2.24) is 4.98 Å². The highest BCUT2D eigenvalue weighted by Gasteiger charge is 2.05. The van der Waals surface area contributed by atoms with Gasteiger partial charge in [-0.2, -0.15) is 0 Å². The zero-order valence-electron chi connectivity index (χ0n) is 8.75. The number of aryl methyl sites for hydroxylation is 2. The lowest BCUT2D eigenvalue weighted by Gasteiger charge is -2.09. The van der Waals surface area contributed by atoms with Crippen LogP contribution in [0.15, 0.2) is 30.4 Å². The molecule has 0 fully saturated rings. The van der Waals surface area contributed by atoms with Crippen LogP contribution in [-0.4, -0.2) is 4.98 Å². The third kappa shape index (κ3) is 1.77. The topological polar surface area (TPSA) is 12.9 Å². The van der Waals surface area contributed by atoms with Crippen molar-refractivity contribution in [1.29, 1.82) is 0 Å². The van der Waals surface area contributed by atoms with Crippen molar-refractivity contribution >= 4 is 5.57 Å². The van der Waals surface area contributed by atoms with Gasteiger partial charge in [0.2, 0.25) is 0 Å². The van der Waals surface area contributed by atoms with Crippen LogP contribution in [-0.2, 0) is 0 Å². The molecule has 0 bridgehead atoms. The van der Waals surface area contributed by atoms with Crippen LogP contribution in [0.25, 0.3) is 5.57 Å². The van der Waals surface area contributed by atoms with E-state index in [9.17, 15) is 0 Å². The molecule has 1 aromatic heterocycles. The van der Waals surface area contributed by atoms with Gasteiger partial charge in [-0.1, -0.05) is 24.3 Å². The minimum atomic E-state index is 1.09. The van der Waals surface area contributed by atoms with E-state index in [-0.39, 0.29) is 0 Å². The molecule has 1 aromatic rings. The maximum atomic E-state index is 4.47. The Morgan fingerprint density at radius 1 is 1.14 bits per heavy atom. The van der Waals surface area contributed by atoms with Crippen LogP contribution in [0, 0.1) is 13.8 Å². The molecule has 0 atom stereocenters. The average molecular weight is 185 g/mol. The molecule has 14 heavy (non-hydrogen) atoms. The van der Waals surface area contributed by atoms with E-state index in [1.807, 2.05) is 6.92 Å². The van der Waals surface area contributed by atoms with Gasteiger partial charge in [-0.25, -0.2) is 0 Å². The van der Waals surface area contributed by atoms with Crippen LogP contribution < -0.4 is 0 Å². The molecular weight excluding hydrogens is 170 g/mol. The predicted octanol–water partition coefficient (Wildman–Crippen LogP) is 3.43. The lowest BCUT2D eigenvalue weighted by Crippen LogP contribution is -1.94. The fourth-order valence-corrected chi connectivity index (χ4v) is 1.80. The Balaban J connectivity index is 2.41. The SMILES string of the molecule is Cc1ccc(C2=CCCC=C2)c(C)n1. The van der Waals surface area contributed by atoms with E-state index < -0.39 is 0 Å². The summed E-state index contributed by atoms with van der Waals surface area (Å²) in [6.45, 7) is 4.10. The Hall–Kier alpha value is -1.37. The van der Waals surface area contributed by atoms with Crippen LogP contribution >= 0.6 is 0 Å². The predicted molar refractivity (Wildman–Crippen MR) is 60.1 cm³/mol. The van der Waals surface area contributed by atoms with Gasteiger partial charge in [0.1, 0.15) is 0 Å². The van der Waals surface area contributed by atoms with Gasteiger partial charge in [0.25, 0.3) is 0 Å². The van der Waals surface area contributed by atoms with Crippen LogP contribution in [0.3, 0.4) is 0 Å². The number of allylic oxidation sites excluding steroid dienone is 4. The quantitative estimate of drug-likeness (QED) is 0.653. The summed E-state index contributed by atoms with van der Waals surface area (Å²) in [7, 11) is 0. The number of hydrogen-bond acceptors (Lipinski definition) is 1. The van der Waals surface area contributed by atoms with E-state index in [0.717, 1.165) is 17.8 Å². The van der Waals surface area contributed by atoms with E-state index >= 15 is 0 Å². The van der Waals surface area contributed by atoms with Crippen LogP contribution in [0.4, 0.5) is 0 Å². The molecule has 1 nitrogen and oxygen atoms in total. The van der Waals surface area contributed by atoms with E-state index in [0.29, 0.717) is 0 Å². The van der Waals surface area contributed by atoms with Crippen molar-refractivity contribution in [3.63, 3.8) is 0 Å². The van der Waals surface area contributed by atoms with Crippen LogP contribution in [0.2, 0.25) is 0 Å². The van der Waals surface area contributed by atoms with E-state index in [2.05, 4.69) is 42.3 Å². The van der Waals surface area contributed by atoms with Crippen molar-refractivity contribution < 1.29 is 0 Å². The van der Waals surface area contributed by atoms with Gasteiger partial charge >= 0.3 is 0 Å². The average Bonchev–Trinajstić information content (AvgIpc) is 2.19. The molecule has 0 saturated heterocycles. The van der Waals surface area contributed by atoms with Gasteiger partial charge in [0.15, 0.2) is 0 Å². The Bertz CT molecular complexity index is 400. The molecule has 2 rings (SSSR count). The van der Waals surface area contributed by atoms with Crippen molar-refractivity contribution in [3.8, 4) is 0 Å². The molecule has 0 amide bonds. The molecule has 1 aliphatic rings. The maximum absolute atomic E-state index is 4.47. The van der Waals surface area contributed by atoms with E-state index in [1.165, 1.54) is 17.6 Å². The van der Waals surface area contributed by atoms with Crippen molar-refractivity contribution in [2.45, 2.75) is 26.7 Å². The van der Waals surface area contributed by atoms with Crippen molar-refractivity contribution in [3.05, 3.63) is 47.3 Å². The summed E-state index contributed by atoms with van der Waals surface area (Å²) < 4.78 is 0. The number of nitrogens with zero attached hydrogens (tertiary/aromatic N) is 1. The second-order valence-corrected chi connectivity index (χ2v) is 3.72. The minimum Gasteiger partial charge on any atom is -0.258 e. The van der Waals surface area contributed by atoms with Crippen LogP contribution in [0.5, 0.6) is 0 Å².